The van der Waals surface area contributed by atoms with Gasteiger partial charge >= 0.3 is 0 Å². The predicted molar refractivity (Wildman–Crippen MR) is 87.5 cm³/mol. The van der Waals surface area contributed by atoms with E-state index in [9.17, 15) is 4.79 Å². The minimum absolute atomic E-state index is 0.0877. The summed E-state index contributed by atoms with van der Waals surface area (Å²) in [5, 5.41) is 7.08. The highest BCUT2D eigenvalue weighted by Crippen LogP contribution is 2.11. The second-order valence-corrected chi connectivity index (χ2v) is 5.47. The van der Waals surface area contributed by atoms with E-state index in [0.29, 0.717) is 12.1 Å². The lowest BCUT2D eigenvalue weighted by atomic mass is 10.0. The summed E-state index contributed by atoms with van der Waals surface area (Å²) >= 11 is 1.67. The second kappa shape index (κ2) is 7.63. The third-order valence-corrected chi connectivity index (χ3v) is 3.76. The molecule has 0 bridgehead atoms. The highest BCUT2D eigenvalue weighted by atomic mass is 32.1. The summed E-state index contributed by atoms with van der Waals surface area (Å²) in [5.41, 5.74) is 9.01. The van der Waals surface area contributed by atoms with Crippen LogP contribution >= 0.6 is 11.3 Å². The minimum atomic E-state index is -0.0877. The van der Waals surface area contributed by atoms with Gasteiger partial charge in [-0.05, 0) is 47.9 Å². The van der Waals surface area contributed by atoms with Gasteiger partial charge in [0.2, 0.25) is 0 Å². The third-order valence-electron chi connectivity index (χ3n) is 3.02. The molecule has 3 nitrogen and oxygen atoms in total. The minimum Gasteiger partial charge on any atom is -0.352 e. The first-order valence-corrected chi connectivity index (χ1v) is 7.74. The maximum atomic E-state index is 12.3. The SMILES string of the molecule is Cc1ccc(C#CCN)c(C(=O)NCCc2ccsc2)c1. The van der Waals surface area contributed by atoms with Gasteiger partial charge in [-0.1, -0.05) is 23.5 Å². The standard InChI is InChI=1S/C17H18N2OS/c1-13-4-5-15(3-2-8-18)16(11-13)17(20)19-9-6-14-7-10-21-12-14/h4-5,7,10-12H,6,8-9,18H2,1H3,(H,19,20). The molecule has 0 aliphatic rings. The molecule has 0 atom stereocenters. The van der Waals surface area contributed by atoms with E-state index in [4.69, 9.17) is 5.73 Å². The van der Waals surface area contributed by atoms with E-state index < -0.39 is 0 Å². The molecule has 0 aliphatic heterocycles. The fraction of sp³-hybridized carbons (Fsp3) is 0.235. The number of amides is 1. The Bertz CT molecular complexity index is 666. The van der Waals surface area contributed by atoms with Gasteiger partial charge in [0.05, 0.1) is 12.1 Å². The van der Waals surface area contributed by atoms with Crippen molar-refractivity contribution in [2.45, 2.75) is 13.3 Å². The Labute approximate surface area is 129 Å². The molecule has 0 spiro atoms. The molecule has 1 aromatic heterocycles. The predicted octanol–water partition coefficient (Wildman–Crippen LogP) is 2.34. The first-order chi connectivity index (χ1) is 10.2. The Morgan fingerprint density at radius 3 is 2.95 bits per heavy atom. The number of thiophene rings is 1. The summed E-state index contributed by atoms with van der Waals surface area (Å²) in [6, 6.07) is 7.75. The molecule has 2 aromatic rings. The van der Waals surface area contributed by atoms with Crippen LogP contribution in [0, 0.1) is 18.8 Å². The van der Waals surface area contributed by atoms with Gasteiger partial charge in [0, 0.05) is 12.1 Å². The van der Waals surface area contributed by atoms with E-state index >= 15 is 0 Å². The molecule has 0 radical (unpaired) electrons. The van der Waals surface area contributed by atoms with Crippen LogP contribution in [0.15, 0.2) is 35.0 Å². The normalized spacial score (nSPS) is 9.81. The highest BCUT2D eigenvalue weighted by molar-refractivity contribution is 7.07. The molecule has 0 aliphatic carbocycles. The molecular formula is C17H18N2OS. The van der Waals surface area contributed by atoms with E-state index in [2.05, 4.69) is 28.6 Å². The molecule has 3 N–H and O–H groups in total. The molecule has 1 heterocycles. The number of nitrogens with two attached hydrogens (primary N) is 1. The van der Waals surface area contributed by atoms with Crippen LogP contribution in [0.5, 0.6) is 0 Å². The van der Waals surface area contributed by atoms with Crippen LogP contribution in [0.2, 0.25) is 0 Å². The van der Waals surface area contributed by atoms with Gasteiger partial charge in [-0.2, -0.15) is 11.3 Å². The van der Waals surface area contributed by atoms with Crippen molar-refractivity contribution in [2.24, 2.45) is 5.73 Å². The lowest BCUT2D eigenvalue weighted by molar-refractivity contribution is 0.0954. The van der Waals surface area contributed by atoms with Crippen molar-refractivity contribution in [1.29, 1.82) is 0 Å². The number of rotatable bonds is 4. The lowest BCUT2D eigenvalue weighted by Gasteiger charge is -2.07. The van der Waals surface area contributed by atoms with Crippen molar-refractivity contribution in [2.75, 3.05) is 13.1 Å². The molecule has 0 saturated carbocycles. The highest BCUT2D eigenvalue weighted by Gasteiger charge is 2.10. The Kier molecular flexibility index (Phi) is 5.56. The van der Waals surface area contributed by atoms with Crippen LogP contribution in [-0.4, -0.2) is 19.0 Å². The molecule has 2 rings (SSSR count). The molecular weight excluding hydrogens is 280 g/mol. The maximum Gasteiger partial charge on any atom is 0.252 e. The second-order valence-electron chi connectivity index (χ2n) is 4.69. The van der Waals surface area contributed by atoms with Crippen molar-refractivity contribution >= 4 is 17.2 Å². The first-order valence-electron chi connectivity index (χ1n) is 6.79. The van der Waals surface area contributed by atoms with Crippen LogP contribution < -0.4 is 11.1 Å². The number of hydrogen-bond donors (Lipinski definition) is 2. The van der Waals surface area contributed by atoms with Crippen LogP contribution in [0.4, 0.5) is 0 Å². The Hall–Kier alpha value is -2.09. The molecule has 0 saturated heterocycles. The molecule has 4 heteroatoms. The largest absolute Gasteiger partial charge is 0.352 e. The quantitative estimate of drug-likeness (QED) is 0.851. The average Bonchev–Trinajstić information content (AvgIpc) is 2.99. The monoisotopic (exact) mass is 298 g/mol. The van der Waals surface area contributed by atoms with Gasteiger partial charge < -0.3 is 11.1 Å². The Balaban J connectivity index is 2.05. The van der Waals surface area contributed by atoms with Crippen LogP contribution in [0.1, 0.15) is 27.0 Å². The van der Waals surface area contributed by atoms with Crippen molar-refractivity contribution in [1.82, 2.24) is 5.32 Å². The van der Waals surface area contributed by atoms with Gasteiger partial charge in [0.25, 0.3) is 5.91 Å². The van der Waals surface area contributed by atoms with Crippen LogP contribution in [0.3, 0.4) is 0 Å². The van der Waals surface area contributed by atoms with Crippen molar-refractivity contribution in [3.63, 3.8) is 0 Å². The number of nitrogens with one attached hydrogen (secondary N) is 1. The van der Waals surface area contributed by atoms with Gasteiger partial charge in [0.15, 0.2) is 0 Å². The fourth-order valence-electron chi connectivity index (χ4n) is 1.95. The van der Waals surface area contributed by atoms with Crippen molar-refractivity contribution in [3.8, 4) is 11.8 Å². The van der Waals surface area contributed by atoms with Crippen molar-refractivity contribution in [3.05, 3.63) is 57.3 Å². The van der Waals surface area contributed by atoms with Gasteiger partial charge in [-0.25, -0.2) is 0 Å². The molecule has 1 aromatic carbocycles. The molecule has 108 valence electrons. The number of carbonyl (C=O) groups excluding carboxylic acids is 1. The summed E-state index contributed by atoms with van der Waals surface area (Å²) in [4.78, 5) is 12.3. The molecule has 0 fully saturated rings. The molecule has 1 amide bonds. The zero-order valence-corrected chi connectivity index (χ0v) is 12.8. The Morgan fingerprint density at radius 1 is 1.38 bits per heavy atom. The van der Waals surface area contributed by atoms with E-state index in [1.165, 1.54) is 5.56 Å². The lowest BCUT2D eigenvalue weighted by Crippen LogP contribution is -2.26. The van der Waals surface area contributed by atoms with E-state index in [1.807, 2.05) is 30.5 Å². The number of benzene rings is 1. The van der Waals surface area contributed by atoms with Crippen LogP contribution in [0.25, 0.3) is 0 Å². The fourth-order valence-corrected chi connectivity index (χ4v) is 2.65. The van der Waals surface area contributed by atoms with Crippen molar-refractivity contribution < 1.29 is 4.79 Å². The summed E-state index contributed by atoms with van der Waals surface area (Å²) < 4.78 is 0. The molecule has 21 heavy (non-hydrogen) atoms. The van der Waals surface area contributed by atoms with E-state index in [1.54, 1.807) is 11.3 Å². The zero-order chi connectivity index (χ0) is 15.1. The van der Waals surface area contributed by atoms with Crippen LogP contribution in [-0.2, 0) is 6.42 Å². The topological polar surface area (TPSA) is 55.1 Å². The zero-order valence-electron chi connectivity index (χ0n) is 12.0. The van der Waals surface area contributed by atoms with Gasteiger partial charge in [-0.3, -0.25) is 4.79 Å². The summed E-state index contributed by atoms with van der Waals surface area (Å²) in [6.07, 6.45) is 0.838. The maximum absolute atomic E-state index is 12.3. The third kappa shape index (κ3) is 4.45. The van der Waals surface area contributed by atoms with Gasteiger partial charge in [-0.15, -0.1) is 0 Å². The van der Waals surface area contributed by atoms with E-state index in [-0.39, 0.29) is 12.5 Å². The number of carbonyl (C=O) groups is 1. The number of hydrogen-bond acceptors (Lipinski definition) is 3. The average molecular weight is 298 g/mol. The Morgan fingerprint density at radius 2 is 2.24 bits per heavy atom. The summed E-state index contributed by atoms with van der Waals surface area (Å²) in [7, 11) is 0. The van der Waals surface area contributed by atoms with Gasteiger partial charge in [0.1, 0.15) is 0 Å². The van der Waals surface area contributed by atoms with E-state index in [0.717, 1.165) is 17.5 Å². The first kappa shape index (κ1) is 15.3. The summed E-state index contributed by atoms with van der Waals surface area (Å²) in [6.45, 7) is 2.86. The smallest absolute Gasteiger partial charge is 0.252 e. The molecule has 0 unspecified atom stereocenters. The number of aryl methyl sites for hydroxylation is 1. The summed E-state index contributed by atoms with van der Waals surface area (Å²) in [5.74, 6) is 5.66.